The van der Waals surface area contributed by atoms with Gasteiger partial charge < -0.3 is 20.4 Å². The van der Waals surface area contributed by atoms with Crippen LogP contribution in [0.25, 0.3) is 0 Å². The van der Waals surface area contributed by atoms with Crippen LogP contribution in [0, 0.1) is 0 Å². The van der Waals surface area contributed by atoms with Crippen molar-refractivity contribution < 1.29 is 4.79 Å². The summed E-state index contributed by atoms with van der Waals surface area (Å²) in [7, 11) is 0. The molecule has 1 heterocycles. The normalized spacial score (nSPS) is 17.1. The molecule has 0 spiro atoms. The number of anilines is 1. The predicted octanol–water partition coefficient (Wildman–Crippen LogP) is 2.73. The van der Waals surface area contributed by atoms with Crippen LogP contribution < -0.4 is 15.5 Å². The van der Waals surface area contributed by atoms with E-state index in [9.17, 15) is 4.79 Å². The van der Waals surface area contributed by atoms with Gasteiger partial charge in [-0.15, -0.1) is 0 Å². The van der Waals surface area contributed by atoms with Gasteiger partial charge in [-0.1, -0.05) is 17.7 Å². The number of carbonyl (C=O) groups excluding carboxylic acids is 1. The van der Waals surface area contributed by atoms with Gasteiger partial charge in [-0.2, -0.15) is 0 Å². The number of rotatable bonds is 8. The number of benzene rings is 1. The summed E-state index contributed by atoms with van der Waals surface area (Å²) in [5, 5.41) is 7.54. The van der Waals surface area contributed by atoms with E-state index in [0.717, 1.165) is 55.8 Å². The molecule has 0 aliphatic carbocycles. The Kier molecular flexibility index (Phi) is 8.72. The summed E-state index contributed by atoms with van der Waals surface area (Å²) in [6, 6.07) is 8.29. The fourth-order valence-corrected chi connectivity index (χ4v) is 3.48. The van der Waals surface area contributed by atoms with Gasteiger partial charge in [0.05, 0.1) is 6.54 Å². The smallest absolute Gasteiger partial charge is 0.224 e. The monoisotopic (exact) mass is 393 g/mol. The molecule has 6 nitrogen and oxygen atoms in total. The van der Waals surface area contributed by atoms with Crippen LogP contribution in [0.15, 0.2) is 29.3 Å². The molecule has 1 unspecified atom stereocenters. The molecule has 0 bridgehead atoms. The zero-order valence-electron chi connectivity index (χ0n) is 16.7. The molecule has 1 saturated heterocycles. The number of halogens is 1. The first-order valence-electron chi connectivity index (χ1n) is 9.90. The van der Waals surface area contributed by atoms with Crippen LogP contribution in [0.3, 0.4) is 0 Å². The van der Waals surface area contributed by atoms with E-state index in [0.29, 0.717) is 19.0 Å². The number of carbonyl (C=O) groups is 1. The number of hydrogen-bond acceptors (Lipinski definition) is 3. The van der Waals surface area contributed by atoms with E-state index >= 15 is 0 Å². The summed E-state index contributed by atoms with van der Waals surface area (Å²) >= 11 is 6.11. The summed E-state index contributed by atoms with van der Waals surface area (Å²) < 4.78 is 0. The van der Waals surface area contributed by atoms with Crippen molar-refractivity contribution in [3.05, 3.63) is 29.3 Å². The van der Waals surface area contributed by atoms with Crippen molar-refractivity contribution in [1.29, 1.82) is 0 Å². The molecular weight excluding hydrogens is 362 g/mol. The standard InChI is InChI=1S/C20H32ClN5O/c1-4-22-20(23-12-10-19(27)25(5-2)6-3)24-17-11-13-26(15-17)18-9-7-8-16(21)14-18/h7-9,14,17H,4-6,10-13,15H2,1-3H3,(H2,22,23,24). The molecule has 7 heteroatoms. The summed E-state index contributed by atoms with van der Waals surface area (Å²) in [5.74, 6) is 0.940. The molecular formula is C20H32ClN5O. The maximum absolute atomic E-state index is 12.1. The highest BCUT2D eigenvalue weighted by Crippen LogP contribution is 2.23. The Balaban J connectivity index is 1.87. The van der Waals surface area contributed by atoms with Gasteiger partial charge in [0.15, 0.2) is 5.96 Å². The maximum atomic E-state index is 12.1. The van der Waals surface area contributed by atoms with Crippen LogP contribution in [0.2, 0.25) is 5.02 Å². The third-order valence-corrected chi connectivity index (χ3v) is 4.99. The number of aliphatic imine (C=N–C) groups is 1. The lowest BCUT2D eigenvalue weighted by Crippen LogP contribution is -2.44. The topological polar surface area (TPSA) is 60.0 Å². The highest BCUT2D eigenvalue weighted by atomic mass is 35.5. The molecule has 27 heavy (non-hydrogen) atoms. The number of nitrogens with zero attached hydrogens (tertiary/aromatic N) is 3. The average Bonchev–Trinajstić information content (AvgIpc) is 3.11. The number of guanidine groups is 1. The second-order valence-corrected chi connectivity index (χ2v) is 7.07. The van der Waals surface area contributed by atoms with Crippen LogP contribution >= 0.6 is 11.6 Å². The largest absolute Gasteiger partial charge is 0.369 e. The zero-order valence-corrected chi connectivity index (χ0v) is 17.4. The fraction of sp³-hybridized carbons (Fsp3) is 0.600. The van der Waals surface area contributed by atoms with Gasteiger partial charge in [0.2, 0.25) is 5.91 Å². The molecule has 1 fully saturated rings. The summed E-state index contributed by atoms with van der Waals surface area (Å²) in [6.45, 7) is 10.7. The van der Waals surface area contributed by atoms with Gasteiger partial charge in [-0.25, -0.2) is 0 Å². The molecule has 1 amide bonds. The van der Waals surface area contributed by atoms with Gasteiger partial charge in [-0.3, -0.25) is 9.79 Å². The number of hydrogen-bond donors (Lipinski definition) is 2. The molecule has 0 aromatic heterocycles. The minimum atomic E-state index is 0.160. The minimum absolute atomic E-state index is 0.160. The Morgan fingerprint density at radius 1 is 1.33 bits per heavy atom. The lowest BCUT2D eigenvalue weighted by Gasteiger charge is -2.21. The zero-order chi connectivity index (χ0) is 19.6. The van der Waals surface area contributed by atoms with Crippen LogP contribution in [-0.2, 0) is 4.79 Å². The Labute approximate surface area is 168 Å². The van der Waals surface area contributed by atoms with E-state index in [1.54, 1.807) is 0 Å². The molecule has 0 saturated carbocycles. The molecule has 1 aromatic rings. The quantitative estimate of drug-likeness (QED) is 0.526. The number of amides is 1. The second kappa shape index (κ2) is 11.0. The first-order chi connectivity index (χ1) is 13.1. The first-order valence-corrected chi connectivity index (χ1v) is 10.3. The van der Waals surface area contributed by atoms with Gasteiger partial charge >= 0.3 is 0 Å². The van der Waals surface area contributed by atoms with Gasteiger partial charge in [0.1, 0.15) is 0 Å². The molecule has 150 valence electrons. The van der Waals surface area contributed by atoms with Gasteiger partial charge in [-0.05, 0) is 45.4 Å². The van der Waals surface area contributed by atoms with Crippen molar-refractivity contribution >= 4 is 29.2 Å². The van der Waals surface area contributed by atoms with E-state index in [-0.39, 0.29) is 5.91 Å². The molecule has 2 rings (SSSR count). The lowest BCUT2D eigenvalue weighted by atomic mass is 10.2. The van der Waals surface area contributed by atoms with Crippen molar-refractivity contribution in [1.82, 2.24) is 15.5 Å². The van der Waals surface area contributed by atoms with Gasteiger partial charge in [0, 0.05) is 55.9 Å². The van der Waals surface area contributed by atoms with Crippen molar-refractivity contribution in [2.24, 2.45) is 4.99 Å². The third kappa shape index (κ3) is 6.61. The van der Waals surface area contributed by atoms with Crippen molar-refractivity contribution in [3.63, 3.8) is 0 Å². The van der Waals surface area contributed by atoms with Crippen molar-refractivity contribution in [2.45, 2.75) is 39.7 Å². The van der Waals surface area contributed by atoms with E-state index < -0.39 is 0 Å². The van der Waals surface area contributed by atoms with Crippen LogP contribution in [0.1, 0.15) is 33.6 Å². The van der Waals surface area contributed by atoms with E-state index in [2.05, 4.69) is 26.6 Å². The SMILES string of the molecule is CCNC(=NCCC(=O)N(CC)CC)NC1CCN(c2cccc(Cl)c2)C1. The fourth-order valence-electron chi connectivity index (χ4n) is 3.30. The van der Waals surface area contributed by atoms with E-state index in [4.69, 9.17) is 11.6 Å². The minimum Gasteiger partial charge on any atom is -0.369 e. The maximum Gasteiger partial charge on any atom is 0.224 e. The molecule has 1 atom stereocenters. The van der Waals surface area contributed by atoms with Gasteiger partial charge in [0.25, 0.3) is 0 Å². The van der Waals surface area contributed by atoms with Crippen LogP contribution in [-0.4, -0.2) is 62.1 Å². The summed E-state index contributed by atoms with van der Waals surface area (Å²) in [4.78, 5) is 20.9. The van der Waals surface area contributed by atoms with E-state index in [1.807, 2.05) is 43.9 Å². The second-order valence-electron chi connectivity index (χ2n) is 6.63. The highest BCUT2D eigenvalue weighted by molar-refractivity contribution is 6.30. The molecule has 0 radical (unpaired) electrons. The molecule has 1 aliphatic rings. The average molecular weight is 394 g/mol. The van der Waals surface area contributed by atoms with Crippen molar-refractivity contribution in [3.8, 4) is 0 Å². The van der Waals surface area contributed by atoms with Crippen molar-refractivity contribution in [2.75, 3.05) is 44.2 Å². The third-order valence-electron chi connectivity index (χ3n) is 4.76. The molecule has 1 aromatic carbocycles. The number of nitrogens with one attached hydrogen (secondary N) is 2. The Morgan fingerprint density at radius 2 is 2.11 bits per heavy atom. The Bertz CT molecular complexity index is 633. The van der Waals surface area contributed by atoms with E-state index in [1.165, 1.54) is 0 Å². The Morgan fingerprint density at radius 3 is 2.78 bits per heavy atom. The molecule has 1 aliphatic heterocycles. The first kappa shape index (κ1) is 21.4. The summed E-state index contributed by atoms with van der Waals surface area (Å²) in [5.41, 5.74) is 1.15. The predicted molar refractivity (Wildman–Crippen MR) is 114 cm³/mol. The Hall–Kier alpha value is -1.95. The van der Waals surface area contributed by atoms with Crippen LogP contribution in [0.4, 0.5) is 5.69 Å². The summed E-state index contributed by atoms with van der Waals surface area (Å²) in [6.07, 6.45) is 1.48. The van der Waals surface area contributed by atoms with Crippen LogP contribution in [0.5, 0.6) is 0 Å². The highest BCUT2D eigenvalue weighted by Gasteiger charge is 2.23. The lowest BCUT2D eigenvalue weighted by molar-refractivity contribution is -0.130. The molecule has 2 N–H and O–H groups in total.